The summed E-state index contributed by atoms with van der Waals surface area (Å²) >= 11 is 1.55. The van der Waals surface area contributed by atoms with Crippen LogP contribution in [0.5, 0.6) is 0 Å². The van der Waals surface area contributed by atoms with Gasteiger partial charge in [-0.25, -0.2) is 0 Å². The summed E-state index contributed by atoms with van der Waals surface area (Å²) < 4.78 is 0. The summed E-state index contributed by atoms with van der Waals surface area (Å²) in [6, 6.07) is 11.9. The van der Waals surface area contributed by atoms with Gasteiger partial charge in [0.05, 0.1) is 12.5 Å². The molecule has 6 heteroatoms. The van der Waals surface area contributed by atoms with Crippen molar-refractivity contribution in [1.29, 1.82) is 0 Å². The van der Waals surface area contributed by atoms with Crippen LogP contribution in [0.25, 0.3) is 0 Å². The summed E-state index contributed by atoms with van der Waals surface area (Å²) in [6.45, 7) is 5.24. The van der Waals surface area contributed by atoms with Gasteiger partial charge in [0.1, 0.15) is 0 Å². The molecule has 0 radical (unpaired) electrons. The highest BCUT2D eigenvalue weighted by Gasteiger charge is 2.18. The quantitative estimate of drug-likeness (QED) is 0.733. The molecule has 1 unspecified atom stereocenters. The predicted molar refractivity (Wildman–Crippen MR) is 108 cm³/mol. The highest BCUT2D eigenvalue weighted by Crippen LogP contribution is 2.22. The number of nitrogens with one attached hydrogen (secondary N) is 2. The van der Waals surface area contributed by atoms with E-state index >= 15 is 0 Å². The van der Waals surface area contributed by atoms with Crippen LogP contribution in [0.2, 0.25) is 0 Å². The zero-order chi connectivity index (χ0) is 19.1. The zero-order valence-corrected chi connectivity index (χ0v) is 16.6. The van der Waals surface area contributed by atoms with Crippen LogP contribution < -0.4 is 10.6 Å². The SMILES string of the molecule is CC(=O)NC(CC(=O)NCc1ccccc1CN1CCCC1)c1cccs1. The second kappa shape index (κ2) is 9.67. The highest BCUT2D eigenvalue weighted by atomic mass is 32.1. The smallest absolute Gasteiger partial charge is 0.222 e. The highest BCUT2D eigenvalue weighted by molar-refractivity contribution is 7.10. The number of hydrogen-bond donors (Lipinski definition) is 2. The molecule has 1 aromatic carbocycles. The Bertz CT molecular complexity index is 755. The Balaban J connectivity index is 1.57. The first kappa shape index (κ1) is 19.6. The maximum Gasteiger partial charge on any atom is 0.222 e. The van der Waals surface area contributed by atoms with Crippen molar-refractivity contribution < 1.29 is 9.59 Å². The van der Waals surface area contributed by atoms with Crippen molar-refractivity contribution in [3.05, 3.63) is 57.8 Å². The van der Waals surface area contributed by atoms with Crippen LogP contribution in [0.4, 0.5) is 0 Å². The fourth-order valence-electron chi connectivity index (χ4n) is 3.47. The first-order valence-corrected chi connectivity index (χ1v) is 10.4. The van der Waals surface area contributed by atoms with Crippen LogP contribution in [0.15, 0.2) is 41.8 Å². The third kappa shape index (κ3) is 5.91. The molecule has 3 rings (SSSR count). The minimum absolute atomic E-state index is 0.0573. The van der Waals surface area contributed by atoms with Crippen molar-refractivity contribution in [3.63, 3.8) is 0 Å². The summed E-state index contributed by atoms with van der Waals surface area (Å²) in [7, 11) is 0. The molecule has 1 saturated heterocycles. The van der Waals surface area contributed by atoms with E-state index in [1.807, 2.05) is 23.6 Å². The van der Waals surface area contributed by atoms with E-state index < -0.39 is 0 Å². The molecule has 2 amide bonds. The van der Waals surface area contributed by atoms with E-state index in [-0.39, 0.29) is 24.3 Å². The van der Waals surface area contributed by atoms with Gasteiger partial charge in [-0.15, -0.1) is 11.3 Å². The van der Waals surface area contributed by atoms with Crippen molar-refractivity contribution >= 4 is 23.2 Å². The molecule has 5 nitrogen and oxygen atoms in total. The topological polar surface area (TPSA) is 61.4 Å². The molecule has 2 N–H and O–H groups in total. The molecule has 1 aliphatic heterocycles. The maximum absolute atomic E-state index is 12.5. The lowest BCUT2D eigenvalue weighted by molar-refractivity contribution is -0.122. The second-order valence-corrected chi connectivity index (χ2v) is 7.98. The number of carbonyl (C=O) groups excluding carboxylic acids is 2. The van der Waals surface area contributed by atoms with Gasteiger partial charge in [0.15, 0.2) is 0 Å². The van der Waals surface area contributed by atoms with Crippen LogP contribution in [0.3, 0.4) is 0 Å². The third-order valence-electron chi connectivity index (χ3n) is 4.84. The lowest BCUT2D eigenvalue weighted by Crippen LogP contribution is -2.32. The molecule has 27 heavy (non-hydrogen) atoms. The molecule has 2 aromatic rings. The van der Waals surface area contributed by atoms with E-state index in [1.54, 1.807) is 11.3 Å². The van der Waals surface area contributed by atoms with Gasteiger partial charge in [-0.3, -0.25) is 14.5 Å². The van der Waals surface area contributed by atoms with E-state index in [4.69, 9.17) is 0 Å². The zero-order valence-electron chi connectivity index (χ0n) is 15.7. The summed E-state index contributed by atoms with van der Waals surface area (Å²) in [5.41, 5.74) is 2.43. The molecular formula is C21H27N3O2S. The number of hydrogen-bond acceptors (Lipinski definition) is 4. The molecule has 0 saturated carbocycles. The molecule has 0 spiro atoms. The molecule has 1 aliphatic rings. The fraction of sp³-hybridized carbons (Fsp3) is 0.429. The Kier molecular flexibility index (Phi) is 7.01. The van der Waals surface area contributed by atoms with Crippen LogP contribution in [-0.4, -0.2) is 29.8 Å². The van der Waals surface area contributed by atoms with E-state index in [0.717, 1.165) is 30.1 Å². The standard InChI is InChI=1S/C21H27N3O2S/c1-16(25)23-19(20-9-6-12-27-20)13-21(26)22-14-17-7-2-3-8-18(17)15-24-10-4-5-11-24/h2-3,6-9,12,19H,4-5,10-11,13-15H2,1H3,(H,22,26)(H,23,25). The lowest BCUT2D eigenvalue weighted by Gasteiger charge is -2.19. The van der Waals surface area contributed by atoms with Crippen LogP contribution in [0, 0.1) is 0 Å². The third-order valence-corrected chi connectivity index (χ3v) is 5.83. The first-order chi connectivity index (χ1) is 13.1. The Hall–Kier alpha value is -2.18. The molecule has 144 valence electrons. The predicted octanol–water partition coefficient (Wildman–Crippen LogP) is 3.23. The average molecular weight is 386 g/mol. The number of nitrogens with zero attached hydrogens (tertiary/aromatic N) is 1. The minimum Gasteiger partial charge on any atom is -0.352 e. The number of amides is 2. The summed E-state index contributed by atoms with van der Waals surface area (Å²) in [6.07, 6.45) is 2.78. The maximum atomic E-state index is 12.5. The van der Waals surface area contributed by atoms with Gasteiger partial charge in [-0.1, -0.05) is 30.3 Å². The van der Waals surface area contributed by atoms with Gasteiger partial charge in [0.25, 0.3) is 0 Å². The van der Waals surface area contributed by atoms with Crippen molar-refractivity contribution in [2.24, 2.45) is 0 Å². The largest absolute Gasteiger partial charge is 0.352 e. The summed E-state index contributed by atoms with van der Waals surface area (Å²) in [4.78, 5) is 27.4. The van der Waals surface area contributed by atoms with Crippen molar-refractivity contribution in [2.75, 3.05) is 13.1 Å². The average Bonchev–Trinajstić information content (AvgIpc) is 3.34. The fourth-order valence-corrected chi connectivity index (χ4v) is 4.25. The van der Waals surface area contributed by atoms with Gasteiger partial charge < -0.3 is 10.6 Å². The van der Waals surface area contributed by atoms with E-state index in [9.17, 15) is 9.59 Å². The first-order valence-electron chi connectivity index (χ1n) is 9.48. The van der Waals surface area contributed by atoms with Gasteiger partial charge in [0.2, 0.25) is 11.8 Å². The summed E-state index contributed by atoms with van der Waals surface area (Å²) in [5.74, 6) is -0.185. The monoisotopic (exact) mass is 385 g/mol. The summed E-state index contributed by atoms with van der Waals surface area (Å²) in [5, 5.41) is 7.86. The lowest BCUT2D eigenvalue weighted by atomic mass is 10.1. The van der Waals surface area contributed by atoms with Gasteiger partial charge >= 0.3 is 0 Å². The van der Waals surface area contributed by atoms with Crippen LogP contribution in [0.1, 0.15) is 48.2 Å². The number of thiophene rings is 1. The molecular weight excluding hydrogens is 358 g/mol. The Morgan fingerprint density at radius 1 is 1.11 bits per heavy atom. The molecule has 2 heterocycles. The molecule has 1 atom stereocenters. The van der Waals surface area contributed by atoms with Gasteiger partial charge in [-0.2, -0.15) is 0 Å². The molecule has 1 fully saturated rings. The molecule has 1 aromatic heterocycles. The van der Waals surface area contributed by atoms with Crippen molar-refractivity contribution in [1.82, 2.24) is 15.5 Å². The van der Waals surface area contributed by atoms with Crippen LogP contribution in [-0.2, 0) is 22.7 Å². The van der Waals surface area contributed by atoms with E-state index in [2.05, 4.69) is 33.7 Å². The Morgan fingerprint density at radius 3 is 2.52 bits per heavy atom. The van der Waals surface area contributed by atoms with Crippen molar-refractivity contribution in [2.45, 2.75) is 45.3 Å². The van der Waals surface area contributed by atoms with E-state index in [1.165, 1.54) is 25.3 Å². The van der Waals surface area contributed by atoms with E-state index in [0.29, 0.717) is 6.54 Å². The number of likely N-dealkylation sites (tertiary alicyclic amines) is 1. The van der Waals surface area contributed by atoms with Crippen molar-refractivity contribution in [3.8, 4) is 0 Å². The van der Waals surface area contributed by atoms with Gasteiger partial charge in [-0.05, 0) is 48.5 Å². The van der Waals surface area contributed by atoms with Crippen LogP contribution >= 0.6 is 11.3 Å². The number of benzene rings is 1. The minimum atomic E-state index is -0.276. The second-order valence-electron chi connectivity index (χ2n) is 7.00. The number of rotatable bonds is 8. The number of carbonyl (C=O) groups is 2. The molecule has 0 aliphatic carbocycles. The molecule has 0 bridgehead atoms. The Morgan fingerprint density at radius 2 is 1.85 bits per heavy atom. The Labute approximate surface area is 164 Å². The van der Waals surface area contributed by atoms with Gasteiger partial charge in [0, 0.05) is 24.9 Å². The normalized spacial score (nSPS) is 15.4.